The van der Waals surface area contributed by atoms with Gasteiger partial charge < -0.3 is 10.4 Å². The van der Waals surface area contributed by atoms with Crippen LogP contribution in [0.25, 0.3) is 0 Å². The Hall–Kier alpha value is -0.610. The molecule has 0 aromatic carbocycles. The van der Waals surface area contributed by atoms with E-state index in [4.69, 9.17) is 5.11 Å². The van der Waals surface area contributed by atoms with Gasteiger partial charge in [-0.2, -0.15) is 0 Å². The highest BCUT2D eigenvalue weighted by Crippen LogP contribution is 2.29. The largest absolute Gasteiger partial charge is 0.481 e. The van der Waals surface area contributed by atoms with E-state index in [9.17, 15) is 4.79 Å². The fourth-order valence-corrected chi connectivity index (χ4v) is 2.78. The predicted molar refractivity (Wildman–Crippen MR) is 57.8 cm³/mol. The molecule has 4 nitrogen and oxygen atoms in total. The van der Waals surface area contributed by atoms with Crippen molar-refractivity contribution in [3.05, 3.63) is 0 Å². The second kappa shape index (κ2) is 4.10. The normalized spacial score (nSPS) is 30.9. The van der Waals surface area contributed by atoms with Crippen LogP contribution in [0.2, 0.25) is 0 Å². The second-order valence-corrected chi connectivity index (χ2v) is 5.09. The van der Waals surface area contributed by atoms with E-state index in [-0.39, 0.29) is 12.0 Å². The number of carboxylic acid groups (broad SMARTS) is 1. The minimum atomic E-state index is -0.672. The van der Waals surface area contributed by atoms with Crippen molar-refractivity contribution < 1.29 is 9.90 Å². The van der Waals surface area contributed by atoms with Crippen LogP contribution in [0.5, 0.6) is 0 Å². The summed E-state index contributed by atoms with van der Waals surface area (Å²) in [6, 6.07) is 0. The topological polar surface area (TPSA) is 52.6 Å². The molecule has 15 heavy (non-hydrogen) atoms. The molecule has 0 aliphatic carbocycles. The van der Waals surface area contributed by atoms with Crippen LogP contribution in [0.3, 0.4) is 0 Å². The first-order valence-corrected chi connectivity index (χ1v) is 5.80. The third-order valence-electron chi connectivity index (χ3n) is 3.72. The number of nitrogens with zero attached hydrogens (tertiary/aromatic N) is 1. The zero-order valence-electron chi connectivity index (χ0n) is 9.33. The number of rotatable bonds is 3. The zero-order chi connectivity index (χ0) is 10.9. The van der Waals surface area contributed by atoms with Gasteiger partial charge in [0, 0.05) is 19.6 Å². The molecule has 2 aliphatic rings. The van der Waals surface area contributed by atoms with Crippen LogP contribution in [0.15, 0.2) is 0 Å². The molecule has 0 aromatic rings. The molecule has 86 valence electrons. The fourth-order valence-electron chi connectivity index (χ4n) is 2.78. The lowest BCUT2D eigenvalue weighted by Gasteiger charge is -2.52. The molecule has 0 bridgehead atoms. The van der Waals surface area contributed by atoms with Crippen molar-refractivity contribution in [3.63, 3.8) is 0 Å². The van der Waals surface area contributed by atoms with Gasteiger partial charge >= 0.3 is 5.97 Å². The number of likely N-dealkylation sites (tertiary alicyclic amines) is 1. The summed E-state index contributed by atoms with van der Waals surface area (Å²) in [6.45, 7) is 6.07. The standard InChI is InChI=1S/C11H20N2O2/c1-9-3-2-4-13(6-9)11(5-10(14)15)7-12-8-11/h9,12H,2-8H2,1H3,(H,14,15). The number of hydrogen-bond acceptors (Lipinski definition) is 3. The average molecular weight is 212 g/mol. The van der Waals surface area contributed by atoms with Gasteiger partial charge in [0.1, 0.15) is 0 Å². The Labute approximate surface area is 90.6 Å². The van der Waals surface area contributed by atoms with E-state index in [0.717, 1.165) is 26.2 Å². The van der Waals surface area contributed by atoms with Crippen molar-refractivity contribution in [2.45, 2.75) is 31.7 Å². The maximum Gasteiger partial charge on any atom is 0.305 e. The van der Waals surface area contributed by atoms with Crippen molar-refractivity contribution in [2.75, 3.05) is 26.2 Å². The highest BCUT2D eigenvalue weighted by molar-refractivity contribution is 5.68. The minimum Gasteiger partial charge on any atom is -0.481 e. The lowest BCUT2D eigenvalue weighted by atomic mass is 9.83. The van der Waals surface area contributed by atoms with E-state index in [1.54, 1.807) is 0 Å². The summed E-state index contributed by atoms with van der Waals surface area (Å²) in [4.78, 5) is 13.3. The summed E-state index contributed by atoms with van der Waals surface area (Å²) in [5.41, 5.74) is -0.0828. The van der Waals surface area contributed by atoms with Gasteiger partial charge in [-0.05, 0) is 25.3 Å². The van der Waals surface area contributed by atoms with Crippen molar-refractivity contribution in [3.8, 4) is 0 Å². The van der Waals surface area contributed by atoms with Gasteiger partial charge in [-0.3, -0.25) is 9.69 Å². The summed E-state index contributed by atoms with van der Waals surface area (Å²) in [7, 11) is 0. The molecule has 2 aliphatic heterocycles. The maximum atomic E-state index is 10.9. The number of carbonyl (C=O) groups is 1. The molecule has 2 heterocycles. The SMILES string of the molecule is CC1CCCN(C2(CC(=O)O)CNC2)C1. The Bertz CT molecular complexity index is 251. The van der Waals surface area contributed by atoms with Crippen molar-refractivity contribution >= 4 is 5.97 Å². The summed E-state index contributed by atoms with van der Waals surface area (Å²) < 4.78 is 0. The number of hydrogen-bond donors (Lipinski definition) is 2. The van der Waals surface area contributed by atoms with E-state index in [0.29, 0.717) is 5.92 Å². The van der Waals surface area contributed by atoms with Crippen LogP contribution in [-0.2, 0) is 4.79 Å². The Morgan fingerprint density at radius 2 is 2.33 bits per heavy atom. The van der Waals surface area contributed by atoms with Crippen LogP contribution in [-0.4, -0.2) is 47.7 Å². The summed E-state index contributed by atoms with van der Waals surface area (Å²) >= 11 is 0. The highest BCUT2D eigenvalue weighted by Gasteiger charge is 2.45. The molecule has 0 aromatic heterocycles. The van der Waals surface area contributed by atoms with Gasteiger partial charge in [0.05, 0.1) is 12.0 Å². The highest BCUT2D eigenvalue weighted by atomic mass is 16.4. The molecule has 2 N–H and O–H groups in total. The van der Waals surface area contributed by atoms with Gasteiger partial charge in [-0.25, -0.2) is 0 Å². The molecular formula is C11H20N2O2. The van der Waals surface area contributed by atoms with Gasteiger partial charge in [-0.1, -0.05) is 6.92 Å². The van der Waals surface area contributed by atoms with E-state index in [2.05, 4.69) is 17.1 Å². The second-order valence-electron chi connectivity index (χ2n) is 5.09. The number of nitrogens with one attached hydrogen (secondary N) is 1. The molecule has 2 saturated heterocycles. The molecule has 1 atom stereocenters. The smallest absolute Gasteiger partial charge is 0.305 e. The molecule has 2 fully saturated rings. The Morgan fingerprint density at radius 1 is 1.60 bits per heavy atom. The lowest BCUT2D eigenvalue weighted by molar-refractivity contribution is -0.142. The molecule has 1 unspecified atom stereocenters. The lowest BCUT2D eigenvalue weighted by Crippen LogP contribution is -2.70. The van der Waals surface area contributed by atoms with E-state index in [1.807, 2.05) is 0 Å². The summed E-state index contributed by atoms with van der Waals surface area (Å²) in [5.74, 6) is 0.0414. The molecule has 2 rings (SSSR count). The molecule has 0 spiro atoms. The Morgan fingerprint density at radius 3 is 2.80 bits per heavy atom. The van der Waals surface area contributed by atoms with Gasteiger partial charge in [0.2, 0.25) is 0 Å². The Kier molecular flexibility index (Phi) is 2.98. The Balaban J connectivity index is 2.01. The molecular weight excluding hydrogens is 192 g/mol. The summed E-state index contributed by atoms with van der Waals surface area (Å²) in [5, 5.41) is 12.2. The average Bonchev–Trinajstić information content (AvgIpc) is 2.11. The minimum absolute atomic E-state index is 0.0828. The third-order valence-corrected chi connectivity index (χ3v) is 3.72. The first kappa shape index (κ1) is 10.9. The van der Waals surface area contributed by atoms with Crippen LogP contribution < -0.4 is 5.32 Å². The number of carboxylic acids is 1. The van der Waals surface area contributed by atoms with Crippen LogP contribution in [0, 0.1) is 5.92 Å². The van der Waals surface area contributed by atoms with Crippen molar-refractivity contribution in [2.24, 2.45) is 5.92 Å². The van der Waals surface area contributed by atoms with Crippen molar-refractivity contribution in [1.29, 1.82) is 0 Å². The number of piperidine rings is 1. The van der Waals surface area contributed by atoms with Gasteiger partial charge in [-0.15, -0.1) is 0 Å². The predicted octanol–water partition coefficient (Wildman–Crippen LogP) is 0.535. The summed E-state index contributed by atoms with van der Waals surface area (Å²) in [6.07, 6.45) is 2.78. The van der Waals surface area contributed by atoms with E-state index >= 15 is 0 Å². The first-order chi connectivity index (χ1) is 7.12. The molecule has 0 amide bonds. The third kappa shape index (κ3) is 2.16. The van der Waals surface area contributed by atoms with Crippen LogP contribution >= 0.6 is 0 Å². The van der Waals surface area contributed by atoms with Crippen molar-refractivity contribution in [1.82, 2.24) is 10.2 Å². The quantitative estimate of drug-likeness (QED) is 0.716. The maximum absolute atomic E-state index is 10.9. The molecule has 0 saturated carbocycles. The zero-order valence-corrected chi connectivity index (χ0v) is 9.33. The fraction of sp³-hybridized carbons (Fsp3) is 0.909. The van der Waals surface area contributed by atoms with Gasteiger partial charge in [0.15, 0.2) is 0 Å². The van der Waals surface area contributed by atoms with E-state index in [1.165, 1.54) is 12.8 Å². The number of aliphatic carboxylic acids is 1. The monoisotopic (exact) mass is 212 g/mol. The van der Waals surface area contributed by atoms with Crippen LogP contribution in [0.1, 0.15) is 26.2 Å². The molecule has 0 radical (unpaired) electrons. The van der Waals surface area contributed by atoms with E-state index < -0.39 is 5.97 Å². The first-order valence-electron chi connectivity index (χ1n) is 5.80. The molecule has 4 heteroatoms. The van der Waals surface area contributed by atoms with Crippen LogP contribution in [0.4, 0.5) is 0 Å². The van der Waals surface area contributed by atoms with Gasteiger partial charge in [0.25, 0.3) is 0 Å².